The number of nitrogens with two attached hydrogens (primary N) is 2. The SMILES string of the molecule is NC(=O)c1cccc(O)c1.N[C@H]1CC[C@@H](N(Cc2ccccc2)Cc2ccccc2)C1. The van der Waals surface area contributed by atoms with Crippen molar-refractivity contribution >= 4 is 5.91 Å². The second-order valence-corrected chi connectivity index (χ2v) is 8.02. The molecule has 0 radical (unpaired) electrons. The summed E-state index contributed by atoms with van der Waals surface area (Å²) in [7, 11) is 0. The van der Waals surface area contributed by atoms with Gasteiger partial charge < -0.3 is 16.6 Å². The Morgan fingerprint density at radius 2 is 1.45 bits per heavy atom. The van der Waals surface area contributed by atoms with E-state index in [1.54, 1.807) is 12.1 Å². The molecule has 31 heavy (non-hydrogen) atoms. The van der Waals surface area contributed by atoms with Crippen LogP contribution in [0.5, 0.6) is 5.75 Å². The molecule has 1 saturated carbocycles. The van der Waals surface area contributed by atoms with Crippen LogP contribution in [0.2, 0.25) is 0 Å². The van der Waals surface area contributed by atoms with E-state index in [-0.39, 0.29) is 5.75 Å². The van der Waals surface area contributed by atoms with E-state index in [0.29, 0.717) is 17.6 Å². The molecular weight excluding hydrogens is 386 g/mol. The minimum atomic E-state index is -0.532. The number of hydrogen-bond donors (Lipinski definition) is 3. The van der Waals surface area contributed by atoms with Crippen LogP contribution in [0.1, 0.15) is 40.7 Å². The smallest absolute Gasteiger partial charge is 0.248 e. The second kappa shape index (κ2) is 11.3. The molecule has 1 aliphatic rings. The zero-order valence-corrected chi connectivity index (χ0v) is 17.7. The topological polar surface area (TPSA) is 92.6 Å². The number of aromatic hydroxyl groups is 1. The quantitative estimate of drug-likeness (QED) is 0.564. The lowest BCUT2D eigenvalue weighted by Gasteiger charge is -2.29. The van der Waals surface area contributed by atoms with E-state index in [0.717, 1.165) is 25.9 Å². The molecule has 0 spiro atoms. The van der Waals surface area contributed by atoms with Gasteiger partial charge in [0.15, 0.2) is 0 Å². The van der Waals surface area contributed by atoms with Crippen LogP contribution in [0.3, 0.4) is 0 Å². The Morgan fingerprint density at radius 3 is 1.87 bits per heavy atom. The molecule has 0 aromatic heterocycles. The summed E-state index contributed by atoms with van der Waals surface area (Å²) in [4.78, 5) is 13.1. The zero-order valence-electron chi connectivity index (χ0n) is 17.7. The first-order valence-electron chi connectivity index (χ1n) is 10.7. The molecule has 0 unspecified atom stereocenters. The molecule has 1 aliphatic carbocycles. The van der Waals surface area contributed by atoms with Crippen molar-refractivity contribution in [1.82, 2.24) is 4.90 Å². The van der Waals surface area contributed by atoms with Crippen LogP contribution in [-0.4, -0.2) is 28.0 Å². The van der Waals surface area contributed by atoms with E-state index in [9.17, 15) is 4.79 Å². The van der Waals surface area contributed by atoms with Gasteiger partial charge in [-0.05, 0) is 48.6 Å². The van der Waals surface area contributed by atoms with E-state index in [4.69, 9.17) is 16.6 Å². The van der Waals surface area contributed by atoms with Crippen molar-refractivity contribution in [3.63, 3.8) is 0 Å². The monoisotopic (exact) mass is 417 g/mol. The van der Waals surface area contributed by atoms with E-state index in [1.165, 1.54) is 29.7 Å². The van der Waals surface area contributed by atoms with Gasteiger partial charge in [-0.25, -0.2) is 0 Å². The molecule has 0 aliphatic heterocycles. The van der Waals surface area contributed by atoms with Crippen LogP contribution in [0.4, 0.5) is 0 Å². The molecule has 3 aromatic rings. The molecule has 162 valence electrons. The van der Waals surface area contributed by atoms with Gasteiger partial charge in [0.05, 0.1) is 0 Å². The number of carbonyl (C=O) groups is 1. The molecule has 0 heterocycles. The maximum Gasteiger partial charge on any atom is 0.248 e. The lowest BCUT2D eigenvalue weighted by Crippen LogP contribution is -2.33. The van der Waals surface area contributed by atoms with E-state index in [1.807, 2.05) is 0 Å². The summed E-state index contributed by atoms with van der Waals surface area (Å²) in [6.07, 6.45) is 3.51. The van der Waals surface area contributed by atoms with E-state index < -0.39 is 5.91 Å². The Hall–Kier alpha value is -3.15. The third kappa shape index (κ3) is 7.24. The average Bonchev–Trinajstić information content (AvgIpc) is 3.21. The highest BCUT2D eigenvalue weighted by Gasteiger charge is 2.27. The van der Waals surface area contributed by atoms with Gasteiger partial charge in [-0.1, -0.05) is 66.7 Å². The lowest BCUT2D eigenvalue weighted by atomic mass is 10.1. The predicted octanol–water partition coefficient (Wildman–Crippen LogP) is 4.06. The molecule has 0 saturated heterocycles. The minimum absolute atomic E-state index is 0.0521. The fraction of sp³-hybridized carbons (Fsp3) is 0.269. The summed E-state index contributed by atoms with van der Waals surface area (Å²) in [6, 6.07) is 28.4. The summed E-state index contributed by atoms with van der Waals surface area (Å²) in [5.74, 6) is -0.479. The Kier molecular flexibility index (Phi) is 8.21. The predicted molar refractivity (Wildman–Crippen MR) is 124 cm³/mol. The minimum Gasteiger partial charge on any atom is -0.508 e. The van der Waals surface area contributed by atoms with Crippen molar-refractivity contribution in [3.8, 4) is 5.75 Å². The maximum atomic E-state index is 10.5. The Labute approximate surface area is 184 Å². The van der Waals surface area contributed by atoms with Gasteiger partial charge in [-0.2, -0.15) is 0 Å². The zero-order chi connectivity index (χ0) is 22.1. The third-order valence-electron chi connectivity index (χ3n) is 5.55. The van der Waals surface area contributed by atoms with Gasteiger partial charge >= 0.3 is 0 Å². The standard InChI is InChI=1S/C19H24N2.C7H7NO2/c20-18-11-12-19(13-18)21(14-16-7-3-1-4-8-16)15-17-9-5-2-6-10-17;8-7(10)5-2-1-3-6(9)4-5/h1-10,18-19H,11-15,20H2;1-4,9H,(H2,8,10)/t18-,19+;/m0./s1. The number of phenols is 1. The van der Waals surface area contributed by atoms with Crippen LogP contribution in [0, 0.1) is 0 Å². The molecular formula is C26H31N3O2. The fourth-order valence-electron chi connectivity index (χ4n) is 3.93. The average molecular weight is 418 g/mol. The van der Waals surface area contributed by atoms with Crippen LogP contribution < -0.4 is 11.5 Å². The van der Waals surface area contributed by atoms with Crippen LogP contribution in [0.25, 0.3) is 0 Å². The van der Waals surface area contributed by atoms with Gasteiger partial charge in [0.2, 0.25) is 5.91 Å². The molecule has 5 heteroatoms. The van der Waals surface area contributed by atoms with Crippen molar-refractivity contribution in [2.75, 3.05) is 0 Å². The van der Waals surface area contributed by atoms with Crippen molar-refractivity contribution in [3.05, 3.63) is 102 Å². The lowest BCUT2D eigenvalue weighted by molar-refractivity contribution is 0.1000. The molecule has 4 rings (SSSR count). The van der Waals surface area contributed by atoms with Crippen molar-refractivity contribution in [1.29, 1.82) is 0 Å². The highest BCUT2D eigenvalue weighted by atomic mass is 16.3. The maximum absolute atomic E-state index is 10.5. The Morgan fingerprint density at radius 1 is 0.871 bits per heavy atom. The summed E-state index contributed by atoms with van der Waals surface area (Å²) in [5.41, 5.74) is 14.1. The number of rotatable bonds is 6. The number of amides is 1. The molecule has 1 amide bonds. The number of phenolic OH excluding ortho intramolecular Hbond substituents is 1. The van der Waals surface area contributed by atoms with Crippen LogP contribution in [-0.2, 0) is 13.1 Å². The number of nitrogens with zero attached hydrogens (tertiary/aromatic N) is 1. The number of benzene rings is 3. The van der Waals surface area contributed by atoms with Gasteiger partial charge in [-0.3, -0.25) is 9.69 Å². The normalized spacial score (nSPS) is 17.7. The fourth-order valence-corrected chi connectivity index (χ4v) is 3.93. The molecule has 5 N–H and O–H groups in total. The highest BCUT2D eigenvalue weighted by molar-refractivity contribution is 5.93. The Bertz CT molecular complexity index is 906. The molecule has 5 nitrogen and oxygen atoms in total. The molecule has 3 aromatic carbocycles. The summed E-state index contributed by atoms with van der Waals surface area (Å²) in [5, 5.41) is 8.85. The van der Waals surface area contributed by atoms with Crippen molar-refractivity contribution < 1.29 is 9.90 Å². The van der Waals surface area contributed by atoms with Crippen molar-refractivity contribution in [2.24, 2.45) is 11.5 Å². The first kappa shape index (κ1) is 22.5. The number of primary amides is 1. The number of hydrogen-bond acceptors (Lipinski definition) is 4. The Balaban J connectivity index is 0.000000229. The second-order valence-electron chi connectivity index (χ2n) is 8.02. The van der Waals surface area contributed by atoms with Gasteiger partial charge in [-0.15, -0.1) is 0 Å². The molecule has 0 bridgehead atoms. The van der Waals surface area contributed by atoms with Crippen LogP contribution in [0.15, 0.2) is 84.9 Å². The first-order chi connectivity index (χ1) is 15.0. The highest BCUT2D eigenvalue weighted by Crippen LogP contribution is 2.26. The molecule has 2 atom stereocenters. The van der Waals surface area contributed by atoms with Gasteiger partial charge in [0, 0.05) is 30.7 Å². The summed E-state index contributed by atoms with van der Waals surface area (Å²) < 4.78 is 0. The van der Waals surface area contributed by atoms with Crippen molar-refractivity contribution in [2.45, 2.75) is 44.4 Å². The van der Waals surface area contributed by atoms with E-state index in [2.05, 4.69) is 65.6 Å². The number of carbonyl (C=O) groups excluding carboxylic acids is 1. The summed E-state index contributed by atoms with van der Waals surface area (Å²) in [6.45, 7) is 2.01. The van der Waals surface area contributed by atoms with Gasteiger partial charge in [0.25, 0.3) is 0 Å². The van der Waals surface area contributed by atoms with Gasteiger partial charge in [0.1, 0.15) is 5.75 Å². The summed E-state index contributed by atoms with van der Waals surface area (Å²) >= 11 is 0. The largest absolute Gasteiger partial charge is 0.508 e. The third-order valence-corrected chi connectivity index (χ3v) is 5.55. The first-order valence-corrected chi connectivity index (χ1v) is 10.7. The molecule has 1 fully saturated rings. The van der Waals surface area contributed by atoms with E-state index >= 15 is 0 Å². The van der Waals surface area contributed by atoms with Crippen LogP contribution >= 0.6 is 0 Å².